The molecular formula is C27H37N5O5. The normalized spacial score (nSPS) is 19.5. The second-order valence-corrected chi connectivity index (χ2v) is 9.73. The number of carbonyl (C=O) groups excluding carboxylic acids is 3. The van der Waals surface area contributed by atoms with Crippen molar-refractivity contribution in [3.63, 3.8) is 0 Å². The minimum absolute atomic E-state index is 0.00798. The van der Waals surface area contributed by atoms with Crippen LogP contribution >= 0.6 is 0 Å². The van der Waals surface area contributed by atoms with Crippen LogP contribution in [0.4, 0.5) is 5.69 Å². The Bertz CT molecular complexity index is 1160. The Morgan fingerprint density at radius 1 is 1.14 bits per heavy atom. The molecule has 0 spiro atoms. The van der Waals surface area contributed by atoms with Gasteiger partial charge in [0.15, 0.2) is 5.69 Å². The molecule has 0 saturated heterocycles. The minimum atomic E-state index is -1.08. The van der Waals surface area contributed by atoms with Crippen LogP contribution in [0.5, 0.6) is 11.5 Å². The number of ether oxygens (including phenoxy) is 2. The average molecular weight is 512 g/mol. The molecule has 1 aliphatic heterocycles. The van der Waals surface area contributed by atoms with Crippen molar-refractivity contribution < 1.29 is 23.9 Å². The zero-order valence-electron chi connectivity index (χ0n) is 22.1. The van der Waals surface area contributed by atoms with E-state index in [2.05, 4.69) is 15.6 Å². The molecule has 1 fully saturated rings. The predicted molar refractivity (Wildman–Crippen MR) is 139 cm³/mol. The zero-order valence-corrected chi connectivity index (χ0v) is 22.1. The molecule has 37 heavy (non-hydrogen) atoms. The number of aromatic nitrogens is 2. The molecule has 1 aromatic carbocycles. The summed E-state index contributed by atoms with van der Waals surface area (Å²) in [4.78, 5) is 46.5. The van der Waals surface area contributed by atoms with Crippen molar-refractivity contribution in [3.05, 3.63) is 35.9 Å². The van der Waals surface area contributed by atoms with E-state index in [-0.39, 0.29) is 35.8 Å². The maximum atomic E-state index is 13.8. The van der Waals surface area contributed by atoms with Gasteiger partial charge in [0.2, 0.25) is 5.91 Å². The van der Waals surface area contributed by atoms with Gasteiger partial charge in [-0.15, -0.1) is 0 Å². The summed E-state index contributed by atoms with van der Waals surface area (Å²) in [7, 11) is 0. The lowest BCUT2D eigenvalue weighted by molar-refractivity contribution is -0.133. The highest BCUT2D eigenvalue weighted by atomic mass is 16.5. The number of fused-ring (bicyclic) bond motifs is 1. The summed E-state index contributed by atoms with van der Waals surface area (Å²) in [6, 6.07) is 5.33. The van der Waals surface area contributed by atoms with E-state index >= 15 is 0 Å². The molecule has 1 aliphatic carbocycles. The van der Waals surface area contributed by atoms with Crippen LogP contribution < -0.4 is 20.1 Å². The molecule has 0 radical (unpaired) electrons. The van der Waals surface area contributed by atoms with Crippen molar-refractivity contribution in [2.45, 2.75) is 77.9 Å². The SMILES string of the molecule is CCCN1C(=O)c2c(C(=O)Nc3cc(OCC)ccc3OCC)ncn2CC1(C)C(=O)NC1CCCC1. The summed E-state index contributed by atoms with van der Waals surface area (Å²) in [5.41, 5.74) is -0.468. The Balaban J connectivity index is 1.62. The number of amides is 3. The van der Waals surface area contributed by atoms with Crippen LogP contribution in [0.3, 0.4) is 0 Å². The van der Waals surface area contributed by atoms with Gasteiger partial charge in [0.25, 0.3) is 11.8 Å². The van der Waals surface area contributed by atoms with E-state index in [9.17, 15) is 14.4 Å². The van der Waals surface area contributed by atoms with E-state index in [1.165, 1.54) is 6.33 Å². The van der Waals surface area contributed by atoms with Crippen LogP contribution in [0.2, 0.25) is 0 Å². The molecule has 1 aromatic heterocycles. The molecule has 1 unspecified atom stereocenters. The van der Waals surface area contributed by atoms with Crippen molar-refractivity contribution in [3.8, 4) is 11.5 Å². The lowest BCUT2D eigenvalue weighted by Crippen LogP contribution is -2.65. The number of rotatable bonds is 10. The molecule has 2 heterocycles. The number of carbonyl (C=O) groups is 3. The lowest BCUT2D eigenvalue weighted by atomic mass is 9.93. The molecular weight excluding hydrogens is 474 g/mol. The Hall–Kier alpha value is -3.56. The fourth-order valence-electron chi connectivity index (χ4n) is 5.16. The van der Waals surface area contributed by atoms with Crippen LogP contribution in [0.25, 0.3) is 0 Å². The number of benzene rings is 1. The second-order valence-electron chi connectivity index (χ2n) is 9.73. The first-order valence-electron chi connectivity index (χ1n) is 13.2. The first kappa shape index (κ1) is 26.5. The monoisotopic (exact) mass is 511 g/mol. The Kier molecular flexibility index (Phi) is 8.04. The molecule has 2 N–H and O–H groups in total. The molecule has 3 amide bonds. The second kappa shape index (κ2) is 11.2. The van der Waals surface area contributed by atoms with Crippen molar-refractivity contribution in [1.82, 2.24) is 19.8 Å². The Morgan fingerprint density at radius 3 is 2.54 bits per heavy atom. The molecule has 4 rings (SSSR count). The summed E-state index contributed by atoms with van der Waals surface area (Å²) >= 11 is 0. The molecule has 1 atom stereocenters. The third-order valence-electron chi connectivity index (χ3n) is 7.01. The first-order chi connectivity index (χ1) is 17.8. The maximum absolute atomic E-state index is 13.8. The number of anilines is 1. The van der Waals surface area contributed by atoms with Crippen LogP contribution in [-0.2, 0) is 11.3 Å². The van der Waals surface area contributed by atoms with Crippen molar-refractivity contribution in [1.29, 1.82) is 0 Å². The summed E-state index contributed by atoms with van der Waals surface area (Å²) in [6.07, 6.45) is 6.25. The topological polar surface area (TPSA) is 115 Å². The fourth-order valence-corrected chi connectivity index (χ4v) is 5.16. The van der Waals surface area contributed by atoms with Crippen LogP contribution in [0.15, 0.2) is 24.5 Å². The van der Waals surface area contributed by atoms with Crippen molar-refractivity contribution in [2.75, 3.05) is 25.1 Å². The lowest BCUT2D eigenvalue weighted by Gasteiger charge is -2.44. The van der Waals surface area contributed by atoms with Gasteiger partial charge in [-0.25, -0.2) is 4.98 Å². The zero-order chi connectivity index (χ0) is 26.6. The summed E-state index contributed by atoms with van der Waals surface area (Å²) < 4.78 is 12.9. The number of hydrogen-bond acceptors (Lipinski definition) is 6. The van der Waals surface area contributed by atoms with Gasteiger partial charge in [-0.1, -0.05) is 19.8 Å². The van der Waals surface area contributed by atoms with Gasteiger partial charge in [-0.05, 0) is 52.2 Å². The maximum Gasteiger partial charge on any atom is 0.276 e. The van der Waals surface area contributed by atoms with Gasteiger partial charge < -0.3 is 29.6 Å². The molecule has 10 nitrogen and oxygen atoms in total. The summed E-state index contributed by atoms with van der Waals surface area (Å²) in [5, 5.41) is 5.99. The number of imidazole rings is 1. The van der Waals surface area contributed by atoms with Crippen LogP contribution in [-0.4, -0.2) is 63.5 Å². The van der Waals surface area contributed by atoms with Gasteiger partial charge in [0.1, 0.15) is 22.7 Å². The molecule has 1 saturated carbocycles. The minimum Gasteiger partial charge on any atom is -0.494 e. The smallest absolute Gasteiger partial charge is 0.276 e. The van der Waals surface area contributed by atoms with Gasteiger partial charge in [-0.2, -0.15) is 0 Å². The largest absolute Gasteiger partial charge is 0.494 e. The number of hydrogen-bond donors (Lipinski definition) is 2. The highest BCUT2D eigenvalue weighted by Gasteiger charge is 2.49. The third-order valence-corrected chi connectivity index (χ3v) is 7.01. The van der Waals surface area contributed by atoms with E-state index < -0.39 is 11.4 Å². The Labute approximate surface area is 217 Å². The van der Waals surface area contributed by atoms with Crippen LogP contribution in [0.1, 0.15) is 80.8 Å². The van der Waals surface area contributed by atoms with E-state index in [0.29, 0.717) is 43.4 Å². The summed E-state index contributed by atoms with van der Waals surface area (Å²) in [5.74, 6) is -0.00874. The molecule has 2 aliphatic rings. The van der Waals surface area contributed by atoms with Crippen molar-refractivity contribution >= 4 is 23.4 Å². The first-order valence-corrected chi connectivity index (χ1v) is 13.2. The van der Waals surface area contributed by atoms with E-state index in [1.807, 2.05) is 20.8 Å². The molecule has 200 valence electrons. The number of nitrogens with one attached hydrogen (secondary N) is 2. The van der Waals surface area contributed by atoms with E-state index in [4.69, 9.17) is 9.47 Å². The fraction of sp³-hybridized carbons (Fsp3) is 0.556. The van der Waals surface area contributed by atoms with Gasteiger partial charge in [-0.3, -0.25) is 14.4 Å². The quantitative estimate of drug-likeness (QED) is 0.504. The van der Waals surface area contributed by atoms with E-state index in [0.717, 1.165) is 25.7 Å². The predicted octanol–water partition coefficient (Wildman–Crippen LogP) is 3.62. The third kappa shape index (κ3) is 5.28. The van der Waals surface area contributed by atoms with Crippen molar-refractivity contribution in [2.24, 2.45) is 0 Å². The van der Waals surface area contributed by atoms with Gasteiger partial charge in [0, 0.05) is 18.7 Å². The van der Waals surface area contributed by atoms with Gasteiger partial charge >= 0.3 is 0 Å². The highest BCUT2D eigenvalue weighted by molar-refractivity contribution is 6.12. The average Bonchev–Trinajstić information content (AvgIpc) is 3.53. The molecule has 0 bridgehead atoms. The summed E-state index contributed by atoms with van der Waals surface area (Å²) in [6.45, 7) is 9.00. The Morgan fingerprint density at radius 2 is 1.86 bits per heavy atom. The standard InChI is InChI=1S/C27H37N5O5/c1-5-14-32-25(34)23-22(24(33)30-20-15-19(36-6-2)12-13-21(20)37-7-3)28-17-31(23)16-27(32,4)26(35)29-18-10-8-9-11-18/h12-13,15,17-18H,5-11,14,16H2,1-4H3,(H,29,35)(H,30,33). The van der Waals surface area contributed by atoms with Crippen LogP contribution in [0, 0.1) is 0 Å². The van der Waals surface area contributed by atoms with Gasteiger partial charge in [0.05, 0.1) is 31.8 Å². The molecule has 2 aromatic rings. The van der Waals surface area contributed by atoms with E-state index in [1.54, 1.807) is 34.6 Å². The highest BCUT2D eigenvalue weighted by Crippen LogP contribution is 2.32. The number of nitrogens with zero attached hydrogens (tertiary/aromatic N) is 3. The molecule has 10 heteroatoms.